The van der Waals surface area contributed by atoms with Crippen LogP contribution in [0.3, 0.4) is 0 Å². The summed E-state index contributed by atoms with van der Waals surface area (Å²) in [6.07, 6.45) is 5.70. The lowest BCUT2D eigenvalue weighted by Gasteiger charge is -2.12. The van der Waals surface area contributed by atoms with E-state index in [-0.39, 0.29) is 11.9 Å². The molecule has 0 saturated heterocycles. The van der Waals surface area contributed by atoms with E-state index in [1.54, 1.807) is 16.9 Å². The van der Waals surface area contributed by atoms with Gasteiger partial charge in [-0.1, -0.05) is 5.21 Å². The Morgan fingerprint density at radius 2 is 2.33 bits per heavy atom. The number of halogens is 1. The van der Waals surface area contributed by atoms with Crippen molar-refractivity contribution >= 4 is 0 Å². The Morgan fingerprint density at radius 3 is 3.00 bits per heavy atom. The van der Waals surface area contributed by atoms with Crippen LogP contribution in [-0.2, 0) is 6.54 Å². The highest BCUT2D eigenvalue weighted by molar-refractivity contribution is 5.08. The van der Waals surface area contributed by atoms with E-state index in [2.05, 4.69) is 20.6 Å². The molecule has 2 heterocycles. The third kappa shape index (κ3) is 3.59. The zero-order chi connectivity index (χ0) is 12.8. The molecule has 1 atom stereocenters. The van der Waals surface area contributed by atoms with Crippen LogP contribution in [0.5, 0.6) is 0 Å². The molecule has 0 fully saturated rings. The average Bonchev–Trinajstić information content (AvgIpc) is 2.88. The minimum Gasteiger partial charge on any atom is -0.309 e. The van der Waals surface area contributed by atoms with Gasteiger partial charge in [0.25, 0.3) is 0 Å². The SMILES string of the molecule is CC(NCCCn1ccnn1)c1ccc(F)cn1. The fourth-order valence-corrected chi connectivity index (χ4v) is 1.66. The predicted octanol–water partition coefficient (Wildman–Crippen LogP) is 1.55. The van der Waals surface area contributed by atoms with Crippen LogP contribution >= 0.6 is 0 Å². The number of nitrogens with one attached hydrogen (secondary N) is 1. The largest absolute Gasteiger partial charge is 0.309 e. The minimum atomic E-state index is -0.308. The number of hydrogen-bond donors (Lipinski definition) is 1. The first-order chi connectivity index (χ1) is 8.75. The van der Waals surface area contributed by atoms with Crippen molar-refractivity contribution in [1.29, 1.82) is 0 Å². The fraction of sp³-hybridized carbons (Fsp3) is 0.417. The summed E-state index contributed by atoms with van der Waals surface area (Å²) in [6.45, 7) is 3.69. The molecule has 0 aliphatic heterocycles. The normalized spacial score (nSPS) is 12.6. The number of pyridine rings is 1. The Kier molecular flexibility index (Phi) is 4.35. The molecule has 0 aliphatic rings. The highest BCUT2D eigenvalue weighted by Crippen LogP contribution is 2.09. The molecule has 6 heteroatoms. The summed E-state index contributed by atoms with van der Waals surface area (Å²) in [5, 5.41) is 11.0. The molecule has 18 heavy (non-hydrogen) atoms. The Morgan fingerprint density at radius 1 is 1.44 bits per heavy atom. The number of aromatic nitrogens is 4. The first kappa shape index (κ1) is 12.6. The molecule has 0 spiro atoms. The van der Waals surface area contributed by atoms with Crippen molar-refractivity contribution in [1.82, 2.24) is 25.3 Å². The van der Waals surface area contributed by atoms with Gasteiger partial charge < -0.3 is 5.32 Å². The van der Waals surface area contributed by atoms with E-state index in [9.17, 15) is 4.39 Å². The van der Waals surface area contributed by atoms with Crippen LogP contribution in [-0.4, -0.2) is 26.5 Å². The highest BCUT2D eigenvalue weighted by atomic mass is 19.1. The predicted molar refractivity (Wildman–Crippen MR) is 65.3 cm³/mol. The van der Waals surface area contributed by atoms with Gasteiger partial charge in [-0.15, -0.1) is 5.10 Å². The second-order valence-electron chi connectivity index (χ2n) is 4.10. The van der Waals surface area contributed by atoms with Crippen molar-refractivity contribution in [2.24, 2.45) is 0 Å². The Hall–Kier alpha value is -1.82. The van der Waals surface area contributed by atoms with E-state index in [0.717, 1.165) is 25.2 Å². The number of rotatable bonds is 6. The van der Waals surface area contributed by atoms with Gasteiger partial charge in [0.1, 0.15) is 5.82 Å². The summed E-state index contributed by atoms with van der Waals surface area (Å²) in [7, 11) is 0. The van der Waals surface area contributed by atoms with Crippen molar-refractivity contribution in [2.75, 3.05) is 6.54 Å². The number of hydrogen-bond acceptors (Lipinski definition) is 4. The van der Waals surface area contributed by atoms with E-state index in [4.69, 9.17) is 0 Å². The number of aryl methyl sites for hydroxylation is 1. The van der Waals surface area contributed by atoms with Crippen molar-refractivity contribution in [3.05, 3.63) is 42.2 Å². The summed E-state index contributed by atoms with van der Waals surface area (Å²) >= 11 is 0. The van der Waals surface area contributed by atoms with Crippen LogP contribution in [0.4, 0.5) is 4.39 Å². The lowest BCUT2D eigenvalue weighted by molar-refractivity contribution is 0.493. The number of nitrogens with zero attached hydrogens (tertiary/aromatic N) is 4. The second-order valence-corrected chi connectivity index (χ2v) is 4.10. The van der Waals surface area contributed by atoms with Crippen molar-refractivity contribution < 1.29 is 4.39 Å². The fourth-order valence-electron chi connectivity index (χ4n) is 1.66. The standard InChI is InChI=1S/C12H16FN5/c1-10(12-4-3-11(13)9-15-12)14-5-2-7-18-8-6-16-17-18/h3-4,6,8-10,14H,2,5,7H2,1H3. The van der Waals surface area contributed by atoms with Crippen LogP contribution in [0.2, 0.25) is 0 Å². The minimum absolute atomic E-state index is 0.112. The van der Waals surface area contributed by atoms with E-state index in [1.807, 2.05) is 13.1 Å². The zero-order valence-electron chi connectivity index (χ0n) is 10.3. The van der Waals surface area contributed by atoms with Crippen LogP contribution in [0.15, 0.2) is 30.7 Å². The molecular formula is C12H16FN5. The summed E-state index contributed by atoms with van der Waals surface area (Å²) in [6, 6.07) is 3.24. The maximum Gasteiger partial charge on any atom is 0.141 e. The van der Waals surface area contributed by atoms with Gasteiger partial charge in [-0.3, -0.25) is 9.67 Å². The first-order valence-electron chi connectivity index (χ1n) is 5.94. The van der Waals surface area contributed by atoms with E-state index < -0.39 is 0 Å². The van der Waals surface area contributed by atoms with Crippen molar-refractivity contribution in [2.45, 2.75) is 25.9 Å². The van der Waals surface area contributed by atoms with Crippen LogP contribution in [0.25, 0.3) is 0 Å². The molecule has 0 radical (unpaired) electrons. The third-order valence-corrected chi connectivity index (χ3v) is 2.68. The molecule has 2 aromatic heterocycles. The van der Waals surface area contributed by atoms with Gasteiger partial charge in [-0.2, -0.15) is 0 Å². The van der Waals surface area contributed by atoms with Crippen molar-refractivity contribution in [3.8, 4) is 0 Å². The molecule has 0 aliphatic carbocycles. The molecule has 0 bridgehead atoms. The lowest BCUT2D eigenvalue weighted by Crippen LogP contribution is -2.22. The molecule has 2 aromatic rings. The zero-order valence-corrected chi connectivity index (χ0v) is 10.3. The van der Waals surface area contributed by atoms with E-state index in [0.29, 0.717) is 0 Å². The van der Waals surface area contributed by atoms with E-state index in [1.165, 1.54) is 12.3 Å². The van der Waals surface area contributed by atoms with Crippen LogP contribution in [0, 0.1) is 5.82 Å². The van der Waals surface area contributed by atoms with Gasteiger partial charge in [-0.05, 0) is 32.0 Å². The third-order valence-electron chi connectivity index (χ3n) is 2.68. The van der Waals surface area contributed by atoms with Gasteiger partial charge >= 0.3 is 0 Å². The Bertz CT molecular complexity index is 454. The molecule has 0 saturated carbocycles. The average molecular weight is 249 g/mol. The summed E-state index contributed by atoms with van der Waals surface area (Å²) in [4.78, 5) is 4.04. The molecule has 5 nitrogen and oxygen atoms in total. The molecule has 1 unspecified atom stereocenters. The second kappa shape index (κ2) is 6.20. The van der Waals surface area contributed by atoms with Gasteiger partial charge in [0.2, 0.25) is 0 Å². The van der Waals surface area contributed by atoms with Gasteiger partial charge in [0, 0.05) is 18.8 Å². The first-order valence-corrected chi connectivity index (χ1v) is 5.94. The highest BCUT2D eigenvalue weighted by Gasteiger charge is 2.05. The summed E-state index contributed by atoms with van der Waals surface area (Å²) in [5.41, 5.74) is 0.845. The Labute approximate surface area is 105 Å². The summed E-state index contributed by atoms with van der Waals surface area (Å²) < 4.78 is 14.5. The molecular weight excluding hydrogens is 233 g/mol. The Balaban J connectivity index is 1.71. The lowest BCUT2D eigenvalue weighted by atomic mass is 10.2. The molecule has 0 amide bonds. The van der Waals surface area contributed by atoms with Crippen LogP contribution < -0.4 is 5.32 Å². The maximum absolute atomic E-state index is 12.7. The van der Waals surface area contributed by atoms with Gasteiger partial charge in [0.05, 0.1) is 18.1 Å². The van der Waals surface area contributed by atoms with Gasteiger partial charge in [-0.25, -0.2) is 4.39 Å². The molecule has 0 aromatic carbocycles. The van der Waals surface area contributed by atoms with Gasteiger partial charge in [0.15, 0.2) is 0 Å². The molecule has 1 N–H and O–H groups in total. The van der Waals surface area contributed by atoms with Crippen LogP contribution in [0.1, 0.15) is 25.1 Å². The summed E-state index contributed by atoms with van der Waals surface area (Å²) in [5.74, 6) is -0.308. The van der Waals surface area contributed by atoms with E-state index >= 15 is 0 Å². The topological polar surface area (TPSA) is 55.6 Å². The van der Waals surface area contributed by atoms with Crippen molar-refractivity contribution in [3.63, 3.8) is 0 Å². The smallest absolute Gasteiger partial charge is 0.141 e. The quantitative estimate of drug-likeness (QED) is 0.789. The molecule has 2 rings (SSSR count). The monoisotopic (exact) mass is 249 g/mol. The maximum atomic E-state index is 12.7. The molecule has 96 valence electrons.